The van der Waals surface area contributed by atoms with Gasteiger partial charge in [0.15, 0.2) is 0 Å². The van der Waals surface area contributed by atoms with Gasteiger partial charge in [-0.1, -0.05) is 11.6 Å². The van der Waals surface area contributed by atoms with E-state index in [4.69, 9.17) is 21.8 Å². The number of benzene rings is 1. The standard InChI is InChI=1S/C19H25BClN3O10/c1-24(10-5-6-12(21)11(9-10)20(33)34)15(25)4-2-3-13(17(28)29)22-19(32)23-14(18(30)31)7-8-16(26)27/h5-6,9,13-14,33-34H,2-4,7-8H2,1H3,(H,26,27)(H,28,29)(H,30,31)(H2,22,23,32)/t13-,14-/m0/s1. The van der Waals surface area contributed by atoms with Crippen LogP contribution in [0.1, 0.15) is 32.1 Å². The van der Waals surface area contributed by atoms with Gasteiger partial charge in [0.1, 0.15) is 12.1 Å². The topological polar surface area (TPSA) is 214 Å². The first-order valence-corrected chi connectivity index (χ1v) is 10.4. The van der Waals surface area contributed by atoms with Crippen LogP contribution in [0, 0.1) is 0 Å². The lowest BCUT2D eigenvalue weighted by molar-refractivity contribution is -0.140. The quantitative estimate of drug-likeness (QED) is 0.167. The van der Waals surface area contributed by atoms with Crippen LogP contribution in [-0.2, 0) is 19.2 Å². The van der Waals surface area contributed by atoms with Gasteiger partial charge in [-0.15, -0.1) is 0 Å². The number of aliphatic carboxylic acids is 3. The van der Waals surface area contributed by atoms with Crippen molar-refractivity contribution in [2.75, 3.05) is 11.9 Å². The number of carboxylic acid groups (broad SMARTS) is 3. The van der Waals surface area contributed by atoms with Crippen LogP contribution in [0.15, 0.2) is 18.2 Å². The van der Waals surface area contributed by atoms with E-state index in [1.807, 2.05) is 5.32 Å². The summed E-state index contributed by atoms with van der Waals surface area (Å²) in [7, 11) is -0.405. The molecule has 1 rings (SSSR count). The number of anilines is 1. The molecule has 13 nitrogen and oxygen atoms in total. The molecule has 0 saturated carbocycles. The van der Waals surface area contributed by atoms with Crippen LogP contribution >= 0.6 is 11.6 Å². The minimum Gasteiger partial charge on any atom is -0.481 e. The maximum atomic E-state index is 12.4. The molecule has 3 amide bonds. The Labute approximate surface area is 199 Å². The Kier molecular flexibility index (Phi) is 11.3. The molecular weight excluding hydrogens is 476 g/mol. The molecule has 15 heteroatoms. The lowest BCUT2D eigenvalue weighted by Gasteiger charge is -2.20. The van der Waals surface area contributed by atoms with Crippen LogP contribution in [0.3, 0.4) is 0 Å². The average Bonchev–Trinajstić information content (AvgIpc) is 2.74. The molecule has 0 aliphatic rings. The average molecular weight is 502 g/mol. The summed E-state index contributed by atoms with van der Waals surface area (Å²) in [4.78, 5) is 58.8. The molecule has 0 spiro atoms. The number of hydrogen-bond acceptors (Lipinski definition) is 7. The first kappa shape index (κ1) is 28.7. The molecule has 0 heterocycles. The number of nitrogens with zero attached hydrogens (tertiary/aromatic N) is 1. The van der Waals surface area contributed by atoms with E-state index >= 15 is 0 Å². The number of urea groups is 1. The zero-order chi connectivity index (χ0) is 26.0. The van der Waals surface area contributed by atoms with E-state index in [0.29, 0.717) is 5.69 Å². The summed E-state index contributed by atoms with van der Waals surface area (Å²) in [5.41, 5.74) is 0.328. The van der Waals surface area contributed by atoms with E-state index in [9.17, 15) is 39.1 Å². The van der Waals surface area contributed by atoms with E-state index in [1.165, 1.54) is 30.1 Å². The van der Waals surface area contributed by atoms with Crippen LogP contribution in [0.4, 0.5) is 10.5 Å². The second-order valence-electron chi connectivity index (χ2n) is 7.26. The highest BCUT2D eigenvalue weighted by atomic mass is 35.5. The number of amides is 3. The van der Waals surface area contributed by atoms with E-state index in [-0.39, 0.29) is 29.7 Å². The number of nitrogens with one attached hydrogen (secondary N) is 2. The predicted octanol–water partition coefficient (Wildman–Crippen LogP) is -0.777. The van der Waals surface area contributed by atoms with Crippen LogP contribution in [0.25, 0.3) is 0 Å². The molecule has 0 fully saturated rings. The summed E-state index contributed by atoms with van der Waals surface area (Å²) in [5, 5.41) is 49.9. The summed E-state index contributed by atoms with van der Waals surface area (Å²) in [6.07, 6.45) is -1.13. The van der Waals surface area contributed by atoms with Crippen molar-refractivity contribution in [2.45, 2.75) is 44.2 Å². The summed E-state index contributed by atoms with van der Waals surface area (Å²) in [5.74, 6) is -4.56. The fraction of sp³-hybridized carbons (Fsp3) is 0.421. The molecule has 186 valence electrons. The van der Waals surface area contributed by atoms with Crippen molar-refractivity contribution < 1.29 is 49.3 Å². The van der Waals surface area contributed by atoms with Gasteiger partial charge in [-0.25, -0.2) is 14.4 Å². The molecule has 0 aliphatic heterocycles. The normalized spacial score (nSPS) is 12.2. The predicted molar refractivity (Wildman–Crippen MR) is 120 cm³/mol. The van der Waals surface area contributed by atoms with Crippen LogP contribution in [0.5, 0.6) is 0 Å². The van der Waals surface area contributed by atoms with Gasteiger partial charge in [0.25, 0.3) is 0 Å². The van der Waals surface area contributed by atoms with E-state index in [2.05, 4.69) is 5.32 Å². The molecule has 2 atom stereocenters. The minimum absolute atomic E-state index is 0.00277. The largest absolute Gasteiger partial charge is 0.490 e. The Balaban J connectivity index is 2.66. The SMILES string of the molecule is CN(C(=O)CCC[C@H](NC(=O)N[C@@H](CCC(=O)O)C(=O)O)C(=O)O)c1ccc(Cl)c(B(O)O)c1. The van der Waals surface area contributed by atoms with E-state index in [0.717, 1.165) is 0 Å². The van der Waals surface area contributed by atoms with Gasteiger partial charge >= 0.3 is 31.1 Å². The summed E-state index contributed by atoms with van der Waals surface area (Å²) in [6, 6.07) is 0.131. The van der Waals surface area contributed by atoms with Crippen molar-refractivity contribution in [1.82, 2.24) is 10.6 Å². The third-order valence-corrected chi connectivity index (χ3v) is 5.10. The number of carbonyl (C=O) groups excluding carboxylic acids is 2. The Morgan fingerprint density at radius 1 is 0.971 bits per heavy atom. The number of halogens is 1. The Hall–Kier alpha value is -3.36. The van der Waals surface area contributed by atoms with E-state index < -0.39 is 61.9 Å². The van der Waals surface area contributed by atoms with Crippen molar-refractivity contribution >= 4 is 59.7 Å². The van der Waals surface area contributed by atoms with Crippen molar-refractivity contribution in [3.05, 3.63) is 23.2 Å². The Morgan fingerprint density at radius 2 is 1.53 bits per heavy atom. The molecule has 1 aromatic rings. The zero-order valence-corrected chi connectivity index (χ0v) is 18.9. The van der Waals surface area contributed by atoms with Crippen molar-refractivity contribution in [2.24, 2.45) is 0 Å². The minimum atomic E-state index is -1.84. The highest BCUT2D eigenvalue weighted by molar-refractivity contribution is 6.62. The van der Waals surface area contributed by atoms with Crippen LogP contribution in [0.2, 0.25) is 5.02 Å². The number of rotatable bonds is 13. The maximum absolute atomic E-state index is 12.4. The monoisotopic (exact) mass is 501 g/mol. The van der Waals surface area contributed by atoms with Gasteiger partial charge < -0.3 is 40.9 Å². The molecule has 0 unspecified atom stereocenters. The third-order valence-electron chi connectivity index (χ3n) is 4.76. The number of carbonyl (C=O) groups is 5. The van der Waals surface area contributed by atoms with Gasteiger partial charge in [-0.2, -0.15) is 0 Å². The van der Waals surface area contributed by atoms with Crippen molar-refractivity contribution in [3.63, 3.8) is 0 Å². The first-order valence-electron chi connectivity index (χ1n) is 10.00. The summed E-state index contributed by atoms with van der Waals surface area (Å²) >= 11 is 5.87. The smallest absolute Gasteiger partial charge is 0.481 e. The third kappa shape index (κ3) is 9.25. The number of carboxylic acids is 3. The van der Waals surface area contributed by atoms with Crippen molar-refractivity contribution in [3.8, 4) is 0 Å². The second kappa shape index (κ2) is 13.4. The fourth-order valence-corrected chi connectivity index (χ4v) is 3.06. The molecule has 7 N–H and O–H groups in total. The molecule has 1 aromatic carbocycles. The lowest BCUT2D eigenvalue weighted by atomic mass is 9.80. The van der Waals surface area contributed by atoms with Gasteiger partial charge in [0, 0.05) is 36.1 Å². The first-order chi connectivity index (χ1) is 15.8. The maximum Gasteiger partial charge on any atom is 0.490 e. The Bertz CT molecular complexity index is 930. The van der Waals surface area contributed by atoms with E-state index in [1.54, 1.807) is 0 Å². The van der Waals surface area contributed by atoms with Gasteiger partial charge in [0.05, 0.1) is 0 Å². The van der Waals surface area contributed by atoms with Gasteiger partial charge in [0.2, 0.25) is 5.91 Å². The molecule has 0 radical (unpaired) electrons. The highest BCUT2D eigenvalue weighted by Gasteiger charge is 2.25. The molecule has 0 aromatic heterocycles. The van der Waals surface area contributed by atoms with Crippen molar-refractivity contribution in [1.29, 1.82) is 0 Å². The highest BCUT2D eigenvalue weighted by Crippen LogP contribution is 2.17. The van der Waals surface area contributed by atoms with Gasteiger partial charge in [-0.3, -0.25) is 9.59 Å². The molecule has 0 saturated heterocycles. The molecule has 34 heavy (non-hydrogen) atoms. The number of hydrogen-bond donors (Lipinski definition) is 7. The van der Waals surface area contributed by atoms with Crippen LogP contribution < -0.4 is 21.0 Å². The molecular formula is C19H25BClN3O10. The molecule has 0 aliphatic carbocycles. The zero-order valence-electron chi connectivity index (χ0n) is 18.1. The molecule has 0 bridgehead atoms. The second-order valence-corrected chi connectivity index (χ2v) is 7.66. The Morgan fingerprint density at radius 3 is 2.03 bits per heavy atom. The van der Waals surface area contributed by atoms with Crippen LogP contribution in [-0.4, -0.2) is 81.5 Å². The summed E-state index contributed by atoms with van der Waals surface area (Å²) < 4.78 is 0. The fourth-order valence-electron chi connectivity index (χ4n) is 2.85. The lowest BCUT2D eigenvalue weighted by Crippen LogP contribution is -2.51. The summed E-state index contributed by atoms with van der Waals surface area (Å²) in [6.45, 7) is 0. The van der Waals surface area contributed by atoms with Gasteiger partial charge in [-0.05, 0) is 37.5 Å².